The van der Waals surface area contributed by atoms with Gasteiger partial charge in [-0.1, -0.05) is 23.1 Å². The van der Waals surface area contributed by atoms with Crippen molar-refractivity contribution in [1.29, 1.82) is 0 Å². The molecule has 4 rings (SSSR count). The number of amides is 1. The number of nitrogens with one attached hydrogen (secondary N) is 1. The van der Waals surface area contributed by atoms with Gasteiger partial charge in [-0.3, -0.25) is 14.2 Å². The van der Waals surface area contributed by atoms with E-state index in [1.165, 1.54) is 29.5 Å². The zero-order chi connectivity index (χ0) is 22.7. The Labute approximate surface area is 195 Å². The quantitative estimate of drug-likeness (QED) is 0.407. The molecule has 3 heterocycles. The molecule has 1 N–H and O–H groups in total. The molecule has 1 fully saturated rings. The number of hydrogen-bond acceptors (Lipinski definition) is 8. The highest BCUT2D eigenvalue weighted by atomic mass is 32.2. The largest absolute Gasteiger partial charge is 0.497 e. The van der Waals surface area contributed by atoms with Crippen LogP contribution in [0.3, 0.4) is 0 Å². The molecule has 0 radical (unpaired) electrons. The number of benzene rings is 1. The van der Waals surface area contributed by atoms with E-state index in [9.17, 15) is 9.59 Å². The predicted octanol–water partition coefficient (Wildman–Crippen LogP) is 4.16. The van der Waals surface area contributed by atoms with E-state index in [1.54, 1.807) is 35.9 Å². The zero-order valence-electron chi connectivity index (χ0n) is 18.5. The molecule has 0 saturated carbocycles. The zero-order valence-corrected chi connectivity index (χ0v) is 20.1. The Morgan fingerprint density at radius 1 is 1.19 bits per heavy atom. The Bertz CT molecular complexity index is 1150. The van der Waals surface area contributed by atoms with Gasteiger partial charge < -0.3 is 15.0 Å². The van der Waals surface area contributed by atoms with E-state index in [4.69, 9.17) is 4.74 Å². The summed E-state index contributed by atoms with van der Waals surface area (Å²) in [5.74, 6) is 0.694. The molecule has 2 aromatic heterocycles. The number of piperidine rings is 1. The fourth-order valence-electron chi connectivity index (χ4n) is 3.64. The number of hydrogen-bond donors (Lipinski definition) is 1. The maximum absolute atomic E-state index is 13.2. The summed E-state index contributed by atoms with van der Waals surface area (Å²) in [6.45, 7) is 5.82. The number of aromatic nitrogens is 3. The standard InChI is InChI=1S/C22H27N5O3S2/c1-14(2)27-20(29)18-19(24-21(32-18)26-11-5-4-6-12-26)25-22(27)31-13-17(28)23-15-7-9-16(30-3)10-8-15/h7-10,14H,4-6,11-13H2,1-3H3,(H,23,28). The first-order valence-corrected chi connectivity index (χ1v) is 12.5. The first kappa shape index (κ1) is 22.6. The number of thiazole rings is 1. The molecule has 1 aliphatic heterocycles. The fourth-order valence-corrected chi connectivity index (χ4v) is 5.55. The van der Waals surface area contributed by atoms with Crippen molar-refractivity contribution < 1.29 is 9.53 Å². The van der Waals surface area contributed by atoms with Crippen LogP contribution in [-0.2, 0) is 4.79 Å². The van der Waals surface area contributed by atoms with Crippen molar-refractivity contribution in [2.24, 2.45) is 0 Å². The number of carbonyl (C=O) groups excluding carboxylic acids is 1. The molecule has 32 heavy (non-hydrogen) atoms. The van der Waals surface area contributed by atoms with Crippen LogP contribution in [0.25, 0.3) is 10.3 Å². The summed E-state index contributed by atoms with van der Waals surface area (Å²) >= 11 is 2.67. The van der Waals surface area contributed by atoms with E-state index in [1.807, 2.05) is 13.8 Å². The number of carbonyl (C=O) groups is 1. The average molecular weight is 474 g/mol. The Kier molecular flexibility index (Phi) is 7.00. The molecule has 1 saturated heterocycles. The minimum absolute atomic E-state index is 0.0768. The maximum Gasteiger partial charge on any atom is 0.274 e. The monoisotopic (exact) mass is 473 g/mol. The van der Waals surface area contributed by atoms with E-state index in [0.717, 1.165) is 36.8 Å². The Morgan fingerprint density at radius 3 is 2.56 bits per heavy atom. The van der Waals surface area contributed by atoms with Gasteiger partial charge in [0.15, 0.2) is 15.9 Å². The van der Waals surface area contributed by atoms with Gasteiger partial charge in [0.05, 0.1) is 12.9 Å². The maximum atomic E-state index is 13.2. The van der Waals surface area contributed by atoms with Gasteiger partial charge in [0.1, 0.15) is 10.4 Å². The number of nitrogens with zero attached hydrogens (tertiary/aromatic N) is 4. The van der Waals surface area contributed by atoms with Crippen LogP contribution in [-0.4, -0.2) is 46.4 Å². The predicted molar refractivity (Wildman–Crippen MR) is 130 cm³/mol. The second-order valence-electron chi connectivity index (χ2n) is 7.93. The summed E-state index contributed by atoms with van der Waals surface area (Å²) in [7, 11) is 1.60. The highest BCUT2D eigenvalue weighted by Crippen LogP contribution is 2.30. The van der Waals surface area contributed by atoms with Crippen molar-refractivity contribution in [2.75, 3.05) is 36.2 Å². The van der Waals surface area contributed by atoms with E-state index >= 15 is 0 Å². The van der Waals surface area contributed by atoms with Crippen LogP contribution in [0.1, 0.15) is 39.2 Å². The van der Waals surface area contributed by atoms with Crippen LogP contribution in [0, 0.1) is 0 Å². The van der Waals surface area contributed by atoms with Crippen LogP contribution < -0.4 is 20.5 Å². The SMILES string of the molecule is COc1ccc(NC(=O)CSc2nc3nc(N4CCCCC4)sc3c(=O)n2C(C)C)cc1. The summed E-state index contributed by atoms with van der Waals surface area (Å²) in [6.07, 6.45) is 3.52. The lowest BCUT2D eigenvalue weighted by atomic mass is 10.1. The lowest BCUT2D eigenvalue weighted by molar-refractivity contribution is -0.113. The third-order valence-corrected chi connectivity index (χ3v) is 7.31. The number of rotatable bonds is 7. The van der Waals surface area contributed by atoms with E-state index in [0.29, 0.717) is 21.2 Å². The minimum Gasteiger partial charge on any atom is -0.497 e. The summed E-state index contributed by atoms with van der Waals surface area (Å²) in [4.78, 5) is 37.3. The van der Waals surface area contributed by atoms with Crippen LogP contribution in [0.5, 0.6) is 5.75 Å². The van der Waals surface area contributed by atoms with Crippen molar-refractivity contribution in [3.05, 3.63) is 34.6 Å². The van der Waals surface area contributed by atoms with Gasteiger partial charge in [0, 0.05) is 24.8 Å². The molecule has 0 atom stereocenters. The number of methoxy groups -OCH3 is 1. The Hall–Kier alpha value is -2.59. The third kappa shape index (κ3) is 4.91. The van der Waals surface area contributed by atoms with Gasteiger partial charge in [-0.15, -0.1) is 0 Å². The van der Waals surface area contributed by atoms with Crippen molar-refractivity contribution in [2.45, 2.75) is 44.3 Å². The smallest absolute Gasteiger partial charge is 0.274 e. The number of ether oxygens (including phenoxy) is 1. The minimum atomic E-state index is -0.169. The normalized spacial score (nSPS) is 14.2. The van der Waals surface area contributed by atoms with Gasteiger partial charge in [-0.2, -0.15) is 4.98 Å². The van der Waals surface area contributed by atoms with Crippen LogP contribution >= 0.6 is 23.1 Å². The van der Waals surface area contributed by atoms with Crippen molar-refractivity contribution in [1.82, 2.24) is 14.5 Å². The van der Waals surface area contributed by atoms with E-state index < -0.39 is 0 Å². The topological polar surface area (TPSA) is 89.3 Å². The molecular weight excluding hydrogens is 446 g/mol. The second kappa shape index (κ2) is 9.91. The van der Waals surface area contributed by atoms with E-state index in [2.05, 4.69) is 20.2 Å². The third-order valence-electron chi connectivity index (χ3n) is 5.27. The molecule has 0 spiro atoms. The summed E-state index contributed by atoms with van der Waals surface area (Å²) in [6, 6.07) is 7.07. The fraction of sp³-hybridized carbons (Fsp3) is 0.455. The van der Waals surface area contributed by atoms with Gasteiger partial charge >= 0.3 is 0 Å². The Balaban J connectivity index is 1.54. The van der Waals surface area contributed by atoms with Gasteiger partial charge in [0.25, 0.3) is 5.56 Å². The summed E-state index contributed by atoms with van der Waals surface area (Å²) in [5.41, 5.74) is 1.06. The number of thioether (sulfide) groups is 1. The van der Waals surface area contributed by atoms with Gasteiger partial charge in [-0.25, -0.2) is 4.98 Å². The highest BCUT2D eigenvalue weighted by Gasteiger charge is 2.21. The van der Waals surface area contributed by atoms with Crippen molar-refractivity contribution in [3.63, 3.8) is 0 Å². The molecule has 3 aromatic rings. The first-order chi connectivity index (χ1) is 15.5. The molecule has 1 amide bonds. The molecular formula is C22H27N5O3S2. The molecule has 0 aliphatic carbocycles. The summed E-state index contributed by atoms with van der Waals surface area (Å²) < 4.78 is 7.37. The molecule has 0 bridgehead atoms. The number of fused-ring (bicyclic) bond motifs is 1. The van der Waals surface area contributed by atoms with Gasteiger partial charge in [0.2, 0.25) is 5.91 Å². The molecule has 10 heteroatoms. The molecule has 1 aromatic carbocycles. The van der Waals surface area contributed by atoms with Crippen LogP contribution in [0.4, 0.5) is 10.8 Å². The lowest BCUT2D eigenvalue weighted by Gasteiger charge is -2.25. The molecule has 170 valence electrons. The van der Waals surface area contributed by atoms with Crippen molar-refractivity contribution >= 4 is 50.2 Å². The highest BCUT2D eigenvalue weighted by molar-refractivity contribution is 7.99. The second-order valence-corrected chi connectivity index (χ2v) is 9.85. The van der Waals surface area contributed by atoms with Crippen LogP contribution in [0.15, 0.2) is 34.2 Å². The van der Waals surface area contributed by atoms with E-state index in [-0.39, 0.29) is 23.3 Å². The molecule has 1 aliphatic rings. The summed E-state index contributed by atoms with van der Waals surface area (Å²) in [5, 5.41) is 4.23. The average Bonchev–Trinajstić information content (AvgIpc) is 3.23. The van der Waals surface area contributed by atoms with Gasteiger partial charge in [-0.05, 0) is 57.4 Å². The Morgan fingerprint density at radius 2 is 1.91 bits per heavy atom. The lowest BCUT2D eigenvalue weighted by Crippen LogP contribution is -2.29. The number of anilines is 2. The van der Waals surface area contributed by atoms with Crippen LogP contribution in [0.2, 0.25) is 0 Å². The first-order valence-electron chi connectivity index (χ1n) is 10.7. The molecule has 0 unspecified atom stereocenters. The molecule has 8 nitrogen and oxygen atoms in total. The van der Waals surface area contributed by atoms with Crippen molar-refractivity contribution in [3.8, 4) is 5.75 Å².